The Morgan fingerprint density at radius 1 is 0.926 bits per heavy atom. The molecule has 0 amide bonds. The second-order valence-corrected chi connectivity index (χ2v) is 16.5. The first-order valence-electron chi connectivity index (χ1n) is 10.2. The van der Waals surface area contributed by atoms with E-state index in [1.54, 1.807) is 5.19 Å². The highest BCUT2D eigenvalue weighted by Crippen LogP contribution is 2.29. The lowest BCUT2D eigenvalue weighted by Crippen LogP contribution is -2.45. The van der Waals surface area contributed by atoms with Crippen LogP contribution in [0.5, 0.6) is 0 Å². The summed E-state index contributed by atoms with van der Waals surface area (Å²) in [5, 5.41) is 1.60. The molecule has 0 N–H and O–H groups in total. The fraction of sp³-hybridized carbons (Fsp3) is 0.560. The molecule has 2 heteroatoms. The van der Waals surface area contributed by atoms with Crippen molar-refractivity contribution in [2.45, 2.75) is 79.9 Å². The second kappa shape index (κ2) is 7.20. The van der Waals surface area contributed by atoms with Crippen LogP contribution in [0.1, 0.15) is 58.2 Å². The second-order valence-electron chi connectivity index (χ2n) is 11.5. The first-order chi connectivity index (χ1) is 12.1. The molecule has 0 aliphatic rings. The lowest BCUT2D eigenvalue weighted by molar-refractivity contribution is -0.660. The van der Waals surface area contributed by atoms with Crippen LogP contribution in [0.3, 0.4) is 0 Å². The number of rotatable bonds is 3. The number of benzene rings is 1. The van der Waals surface area contributed by atoms with Crippen LogP contribution in [-0.2, 0) is 18.9 Å². The van der Waals surface area contributed by atoms with Crippen molar-refractivity contribution >= 4 is 13.3 Å². The minimum atomic E-state index is -1.45. The molecule has 1 aromatic carbocycles. The summed E-state index contributed by atoms with van der Waals surface area (Å²) in [5.41, 5.74) is 7.44. The molecular weight excluding hydrogens is 342 g/mol. The Bertz CT molecular complexity index is 827. The number of hydrogen-bond acceptors (Lipinski definition) is 0. The van der Waals surface area contributed by atoms with Gasteiger partial charge in [0.25, 0.3) is 0 Å². The molecule has 0 saturated carbocycles. The SMILES string of the molecule is Cc1ccc(C(C)(C)C)cc1-c1cc([Si](C)(C)C)c(CC(C)(C)C)c[n+]1C. The lowest BCUT2D eigenvalue weighted by Gasteiger charge is -2.25. The van der Waals surface area contributed by atoms with E-state index in [-0.39, 0.29) is 5.41 Å². The van der Waals surface area contributed by atoms with Crippen molar-refractivity contribution < 1.29 is 4.57 Å². The van der Waals surface area contributed by atoms with E-state index in [9.17, 15) is 0 Å². The molecule has 0 aliphatic heterocycles. The maximum absolute atomic E-state index is 2.50. The highest BCUT2D eigenvalue weighted by molar-refractivity contribution is 6.89. The highest BCUT2D eigenvalue weighted by Gasteiger charge is 2.28. The fourth-order valence-electron chi connectivity index (χ4n) is 3.75. The molecule has 148 valence electrons. The average Bonchev–Trinajstić information content (AvgIpc) is 2.44. The van der Waals surface area contributed by atoms with Gasteiger partial charge in [-0.25, -0.2) is 4.57 Å². The molecule has 0 fully saturated rings. The van der Waals surface area contributed by atoms with Gasteiger partial charge in [0.2, 0.25) is 5.69 Å². The third-order valence-corrected chi connectivity index (χ3v) is 7.35. The molecule has 27 heavy (non-hydrogen) atoms. The van der Waals surface area contributed by atoms with Gasteiger partial charge in [0.15, 0.2) is 6.20 Å². The molecule has 0 saturated heterocycles. The van der Waals surface area contributed by atoms with E-state index < -0.39 is 8.07 Å². The maximum atomic E-state index is 2.50. The Hall–Kier alpha value is -1.41. The largest absolute Gasteiger partial charge is 0.212 e. The van der Waals surface area contributed by atoms with Crippen LogP contribution in [0, 0.1) is 12.3 Å². The number of aryl methyl sites for hydroxylation is 2. The predicted molar refractivity (Wildman–Crippen MR) is 123 cm³/mol. The van der Waals surface area contributed by atoms with Crippen molar-refractivity contribution in [1.29, 1.82) is 0 Å². The van der Waals surface area contributed by atoms with Crippen molar-refractivity contribution in [1.82, 2.24) is 0 Å². The smallest absolute Gasteiger partial charge is 0.201 e. The van der Waals surface area contributed by atoms with Gasteiger partial charge >= 0.3 is 0 Å². The van der Waals surface area contributed by atoms with Crippen LogP contribution in [0.2, 0.25) is 19.6 Å². The van der Waals surface area contributed by atoms with Gasteiger partial charge < -0.3 is 0 Å². The molecule has 1 aromatic heterocycles. The van der Waals surface area contributed by atoms with Crippen LogP contribution in [-0.4, -0.2) is 8.07 Å². The quantitative estimate of drug-likeness (QED) is 0.458. The number of pyridine rings is 1. The normalized spacial score (nSPS) is 13.1. The molecule has 2 aromatic rings. The summed E-state index contributed by atoms with van der Waals surface area (Å²) in [5.74, 6) is 0. The number of aromatic nitrogens is 1. The molecule has 0 aliphatic carbocycles. The molecule has 0 spiro atoms. The third-order valence-electron chi connectivity index (χ3n) is 5.26. The maximum Gasteiger partial charge on any atom is 0.212 e. The van der Waals surface area contributed by atoms with Crippen molar-refractivity contribution in [3.8, 4) is 11.3 Å². The zero-order valence-corrected chi connectivity index (χ0v) is 20.5. The minimum Gasteiger partial charge on any atom is -0.201 e. The third kappa shape index (κ3) is 5.31. The summed E-state index contributed by atoms with van der Waals surface area (Å²) >= 11 is 0. The first-order valence-corrected chi connectivity index (χ1v) is 13.7. The van der Waals surface area contributed by atoms with E-state index in [0.717, 1.165) is 6.42 Å². The average molecular weight is 383 g/mol. The lowest BCUT2D eigenvalue weighted by atomic mass is 9.84. The summed E-state index contributed by atoms with van der Waals surface area (Å²) in [7, 11) is 0.761. The van der Waals surface area contributed by atoms with Crippen LogP contribution >= 0.6 is 0 Å². The minimum absolute atomic E-state index is 0.162. The molecule has 0 unspecified atom stereocenters. The van der Waals surface area contributed by atoms with Gasteiger partial charge in [0, 0.05) is 17.2 Å². The topological polar surface area (TPSA) is 3.88 Å². The van der Waals surface area contributed by atoms with Gasteiger partial charge in [-0.15, -0.1) is 0 Å². The van der Waals surface area contributed by atoms with Crippen LogP contribution in [0.15, 0.2) is 30.5 Å². The zero-order valence-electron chi connectivity index (χ0n) is 19.5. The van der Waals surface area contributed by atoms with E-state index >= 15 is 0 Å². The van der Waals surface area contributed by atoms with Gasteiger partial charge in [-0.1, -0.05) is 73.3 Å². The van der Waals surface area contributed by atoms with E-state index in [1.807, 2.05) is 0 Å². The van der Waals surface area contributed by atoms with Crippen LogP contribution in [0.25, 0.3) is 11.3 Å². The predicted octanol–water partition coefficient (Wildman–Crippen LogP) is 5.92. The summed E-state index contributed by atoms with van der Waals surface area (Å²) in [6.45, 7) is 23.5. The molecule has 2 rings (SSSR count). The Balaban J connectivity index is 2.73. The van der Waals surface area contributed by atoms with Gasteiger partial charge in [-0.3, -0.25) is 0 Å². The standard InChI is InChI=1S/C25H40NSi/c1-18-12-13-20(25(5,6)7)14-21(18)22-15-23(27(9,10)11)19(17-26(22)8)16-24(2,3)4/h12-15,17H,16H2,1-11H3/q+1. The summed E-state index contributed by atoms with van der Waals surface area (Å²) in [4.78, 5) is 0. The van der Waals surface area contributed by atoms with E-state index in [4.69, 9.17) is 0 Å². The van der Waals surface area contributed by atoms with Gasteiger partial charge in [-0.2, -0.15) is 0 Å². The molecule has 0 bridgehead atoms. The highest BCUT2D eigenvalue weighted by atomic mass is 28.3. The molecule has 0 radical (unpaired) electrons. The van der Waals surface area contributed by atoms with Gasteiger partial charge in [0.05, 0.1) is 8.07 Å². The fourth-order valence-corrected chi connectivity index (χ4v) is 5.43. The molecule has 0 atom stereocenters. The van der Waals surface area contributed by atoms with Gasteiger partial charge in [-0.05, 0) is 46.6 Å². The summed E-state index contributed by atoms with van der Waals surface area (Å²) in [6.07, 6.45) is 3.53. The van der Waals surface area contributed by atoms with E-state index in [0.29, 0.717) is 5.41 Å². The van der Waals surface area contributed by atoms with Crippen molar-refractivity contribution in [3.63, 3.8) is 0 Å². The van der Waals surface area contributed by atoms with E-state index in [1.165, 1.54) is 27.9 Å². The number of hydrogen-bond donors (Lipinski definition) is 0. The Labute approximate surface area is 168 Å². The van der Waals surface area contributed by atoms with Gasteiger partial charge in [0.1, 0.15) is 7.05 Å². The van der Waals surface area contributed by atoms with Crippen LogP contribution in [0.4, 0.5) is 0 Å². The number of nitrogens with zero attached hydrogens (tertiary/aromatic N) is 1. The van der Waals surface area contributed by atoms with Crippen LogP contribution < -0.4 is 9.75 Å². The zero-order chi connectivity index (χ0) is 20.8. The summed E-state index contributed by atoms with van der Waals surface area (Å²) < 4.78 is 2.35. The Morgan fingerprint density at radius 3 is 2.00 bits per heavy atom. The molecule has 1 heterocycles. The molecule has 1 nitrogen and oxygen atoms in total. The Kier molecular flexibility index (Phi) is 5.84. The Morgan fingerprint density at radius 2 is 1.52 bits per heavy atom. The van der Waals surface area contributed by atoms with Crippen molar-refractivity contribution in [3.05, 3.63) is 47.2 Å². The van der Waals surface area contributed by atoms with E-state index in [2.05, 4.69) is 110 Å². The monoisotopic (exact) mass is 382 g/mol. The van der Waals surface area contributed by atoms with Crippen molar-refractivity contribution in [2.75, 3.05) is 0 Å². The molecular formula is C25H40NSi+. The van der Waals surface area contributed by atoms with Crippen molar-refractivity contribution in [2.24, 2.45) is 12.5 Å². The first kappa shape index (κ1) is 21.9. The summed E-state index contributed by atoms with van der Waals surface area (Å²) in [6, 6.07) is 9.48.